The lowest BCUT2D eigenvalue weighted by Crippen LogP contribution is -2.13. The quantitative estimate of drug-likeness (QED) is 0.564. The van der Waals surface area contributed by atoms with E-state index >= 15 is 0 Å². The van der Waals surface area contributed by atoms with Crippen LogP contribution in [0.3, 0.4) is 0 Å². The zero-order chi connectivity index (χ0) is 16.2. The van der Waals surface area contributed by atoms with Gasteiger partial charge in [0.2, 0.25) is 0 Å². The second kappa shape index (κ2) is 7.10. The zero-order valence-corrected chi connectivity index (χ0v) is 15.3. The third-order valence-corrected chi connectivity index (χ3v) is 4.60. The molecule has 0 aliphatic carbocycles. The number of thiazole rings is 1. The highest BCUT2D eigenvalue weighted by Crippen LogP contribution is 2.21. The monoisotopic (exact) mass is 435 g/mol. The fourth-order valence-corrected chi connectivity index (χ4v) is 3.30. The van der Waals surface area contributed by atoms with Crippen molar-refractivity contribution in [1.82, 2.24) is 4.98 Å². The van der Waals surface area contributed by atoms with Gasteiger partial charge in [0.15, 0.2) is 5.13 Å². The molecule has 1 heterocycles. The molecule has 0 radical (unpaired) electrons. The van der Waals surface area contributed by atoms with Crippen LogP contribution in [-0.4, -0.2) is 10.9 Å². The van der Waals surface area contributed by atoms with Crippen molar-refractivity contribution in [3.8, 4) is 0 Å². The van der Waals surface area contributed by atoms with Crippen molar-refractivity contribution >= 4 is 56.3 Å². The molecule has 0 aliphatic rings. The van der Waals surface area contributed by atoms with E-state index < -0.39 is 0 Å². The Hall–Kier alpha value is -1.93. The number of rotatable bonds is 4. The van der Waals surface area contributed by atoms with Gasteiger partial charge in [0, 0.05) is 32.1 Å². The number of nitrogens with one attached hydrogen (secondary N) is 2. The number of hydrogen-bond donors (Lipinski definition) is 2. The second-order valence-electron chi connectivity index (χ2n) is 4.96. The van der Waals surface area contributed by atoms with Gasteiger partial charge in [-0.1, -0.05) is 6.07 Å². The molecule has 0 saturated heterocycles. The molecule has 0 saturated carbocycles. The molecule has 2 N–H and O–H groups in total. The van der Waals surface area contributed by atoms with Crippen LogP contribution < -0.4 is 10.6 Å². The van der Waals surface area contributed by atoms with Crippen molar-refractivity contribution in [3.63, 3.8) is 0 Å². The van der Waals surface area contributed by atoms with Gasteiger partial charge in [-0.15, -0.1) is 11.3 Å². The molecular weight excluding hydrogens is 421 g/mol. The number of benzene rings is 2. The van der Waals surface area contributed by atoms with E-state index in [9.17, 15) is 4.79 Å². The molecule has 2 aromatic carbocycles. The maximum absolute atomic E-state index is 12.5. The standard InChI is InChI=1S/C17H14IN3OS/c1-11-9-13(18)5-6-15(11)21-16(22)12-3-2-4-14(10-12)20-17-19-7-8-23-17/h2-10H,1H3,(H,19,20)(H,21,22). The van der Waals surface area contributed by atoms with Gasteiger partial charge in [0.1, 0.15) is 0 Å². The highest BCUT2D eigenvalue weighted by Gasteiger charge is 2.09. The average molecular weight is 435 g/mol. The van der Waals surface area contributed by atoms with E-state index in [1.165, 1.54) is 11.3 Å². The number of aryl methyl sites for hydroxylation is 1. The van der Waals surface area contributed by atoms with Crippen LogP contribution in [0.15, 0.2) is 54.0 Å². The molecule has 0 unspecified atom stereocenters. The SMILES string of the molecule is Cc1cc(I)ccc1NC(=O)c1cccc(Nc2nccs2)c1. The summed E-state index contributed by atoms with van der Waals surface area (Å²) >= 11 is 3.77. The number of anilines is 3. The first-order chi connectivity index (χ1) is 11.1. The lowest BCUT2D eigenvalue weighted by molar-refractivity contribution is 0.102. The molecule has 0 bridgehead atoms. The van der Waals surface area contributed by atoms with E-state index in [2.05, 4.69) is 38.2 Å². The predicted molar refractivity (Wildman–Crippen MR) is 104 cm³/mol. The molecule has 1 amide bonds. The molecule has 0 spiro atoms. The lowest BCUT2D eigenvalue weighted by Gasteiger charge is -2.10. The minimum atomic E-state index is -0.128. The summed E-state index contributed by atoms with van der Waals surface area (Å²) < 4.78 is 1.15. The smallest absolute Gasteiger partial charge is 0.255 e. The topological polar surface area (TPSA) is 54.0 Å². The van der Waals surface area contributed by atoms with E-state index in [0.29, 0.717) is 5.56 Å². The van der Waals surface area contributed by atoms with Gasteiger partial charge >= 0.3 is 0 Å². The van der Waals surface area contributed by atoms with E-state index in [1.54, 1.807) is 12.3 Å². The van der Waals surface area contributed by atoms with Crippen LogP contribution in [-0.2, 0) is 0 Å². The van der Waals surface area contributed by atoms with Crippen LogP contribution in [0, 0.1) is 10.5 Å². The Bertz CT molecular complexity index is 834. The summed E-state index contributed by atoms with van der Waals surface area (Å²) in [6.45, 7) is 1.98. The van der Waals surface area contributed by atoms with E-state index in [1.807, 2.05) is 48.7 Å². The van der Waals surface area contributed by atoms with Crippen molar-refractivity contribution in [2.24, 2.45) is 0 Å². The van der Waals surface area contributed by atoms with Gasteiger partial charge < -0.3 is 10.6 Å². The number of carbonyl (C=O) groups excluding carboxylic acids is 1. The lowest BCUT2D eigenvalue weighted by atomic mass is 10.1. The normalized spacial score (nSPS) is 10.3. The van der Waals surface area contributed by atoms with E-state index in [-0.39, 0.29) is 5.91 Å². The molecule has 1 aromatic heterocycles. The van der Waals surface area contributed by atoms with Crippen LogP contribution in [0.2, 0.25) is 0 Å². The average Bonchev–Trinajstić information content (AvgIpc) is 3.03. The Morgan fingerprint density at radius 2 is 2.09 bits per heavy atom. The molecule has 23 heavy (non-hydrogen) atoms. The maximum atomic E-state index is 12.5. The molecule has 3 rings (SSSR count). The number of carbonyl (C=O) groups is 1. The Morgan fingerprint density at radius 3 is 2.83 bits per heavy atom. The largest absolute Gasteiger partial charge is 0.332 e. The number of hydrogen-bond acceptors (Lipinski definition) is 4. The molecule has 0 fully saturated rings. The molecular formula is C17H14IN3OS. The Kier molecular flexibility index (Phi) is 4.92. The summed E-state index contributed by atoms with van der Waals surface area (Å²) in [4.78, 5) is 16.6. The third kappa shape index (κ3) is 4.08. The van der Waals surface area contributed by atoms with Crippen molar-refractivity contribution in [2.45, 2.75) is 6.92 Å². The first-order valence-corrected chi connectivity index (χ1v) is 8.92. The number of halogens is 1. The summed E-state index contributed by atoms with van der Waals surface area (Å²) in [6.07, 6.45) is 1.74. The first-order valence-electron chi connectivity index (χ1n) is 6.96. The molecule has 6 heteroatoms. The third-order valence-electron chi connectivity index (χ3n) is 3.25. The fourth-order valence-electron chi connectivity index (χ4n) is 2.11. The number of nitrogens with zero attached hydrogens (tertiary/aromatic N) is 1. The molecule has 0 atom stereocenters. The van der Waals surface area contributed by atoms with Crippen LogP contribution >= 0.6 is 33.9 Å². The first kappa shape index (κ1) is 15.9. The highest BCUT2D eigenvalue weighted by atomic mass is 127. The number of amides is 1. The Balaban J connectivity index is 1.77. The summed E-state index contributed by atoms with van der Waals surface area (Å²) in [6, 6.07) is 13.3. The summed E-state index contributed by atoms with van der Waals surface area (Å²) in [5.41, 5.74) is 3.31. The van der Waals surface area contributed by atoms with Crippen LogP contribution in [0.1, 0.15) is 15.9 Å². The van der Waals surface area contributed by atoms with Crippen molar-refractivity contribution in [2.75, 3.05) is 10.6 Å². The van der Waals surface area contributed by atoms with Gasteiger partial charge in [-0.05, 0) is 71.5 Å². The molecule has 0 aliphatic heterocycles. The predicted octanol–water partition coefficient (Wildman–Crippen LogP) is 5.05. The zero-order valence-electron chi connectivity index (χ0n) is 12.3. The fraction of sp³-hybridized carbons (Fsp3) is 0.0588. The maximum Gasteiger partial charge on any atom is 0.255 e. The summed E-state index contributed by atoms with van der Waals surface area (Å²) in [7, 11) is 0. The van der Waals surface area contributed by atoms with Gasteiger partial charge in [0.05, 0.1) is 0 Å². The van der Waals surface area contributed by atoms with Gasteiger partial charge in [-0.3, -0.25) is 4.79 Å². The summed E-state index contributed by atoms with van der Waals surface area (Å²) in [5.74, 6) is -0.128. The van der Waals surface area contributed by atoms with Gasteiger partial charge in [0.25, 0.3) is 5.91 Å². The molecule has 3 aromatic rings. The minimum absolute atomic E-state index is 0.128. The minimum Gasteiger partial charge on any atom is -0.332 e. The van der Waals surface area contributed by atoms with Crippen molar-refractivity contribution < 1.29 is 4.79 Å². The Morgan fingerprint density at radius 1 is 1.22 bits per heavy atom. The van der Waals surface area contributed by atoms with E-state index in [0.717, 1.165) is 25.6 Å². The van der Waals surface area contributed by atoms with Crippen LogP contribution in [0.25, 0.3) is 0 Å². The van der Waals surface area contributed by atoms with Gasteiger partial charge in [-0.25, -0.2) is 4.98 Å². The number of aromatic nitrogens is 1. The highest BCUT2D eigenvalue weighted by molar-refractivity contribution is 14.1. The molecule has 4 nitrogen and oxygen atoms in total. The van der Waals surface area contributed by atoms with E-state index in [4.69, 9.17) is 0 Å². The van der Waals surface area contributed by atoms with Crippen molar-refractivity contribution in [1.29, 1.82) is 0 Å². The Labute approximate surface area is 152 Å². The summed E-state index contributed by atoms with van der Waals surface area (Å²) in [5, 5.41) is 8.85. The van der Waals surface area contributed by atoms with Crippen LogP contribution in [0.5, 0.6) is 0 Å². The second-order valence-corrected chi connectivity index (χ2v) is 7.10. The molecule has 116 valence electrons. The van der Waals surface area contributed by atoms with Crippen LogP contribution in [0.4, 0.5) is 16.5 Å². The van der Waals surface area contributed by atoms with Crippen molar-refractivity contribution in [3.05, 3.63) is 68.7 Å². The van der Waals surface area contributed by atoms with Gasteiger partial charge in [-0.2, -0.15) is 0 Å².